The van der Waals surface area contributed by atoms with Gasteiger partial charge >= 0.3 is 0 Å². The van der Waals surface area contributed by atoms with Gasteiger partial charge in [0, 0.05) is 64.0 Å². The molecule has 3 aliphatic rings. The van der Waals surface area contributed by atoms with Crippen LogP contribution >= 0.6 is 0 Å². The molecule has 9 heteroatoms. The van der Waals surface area contributed by atoms with Crippen LogP contribution < -0.4 is 0 Å². The lowest BCUT2D eigenvalue weighted by atomic mass is 9.83. The predicted molar refractivity (Wildman–Crippen MR) is 119 cm³/mol. The second kappa shape index (κ2) is 7.91. The van der Waals surface area contributed by atoms with E-state index >= 15 is 0 Å². The largest absolute Gasteiger partial charge is 0.392 e. The number of fused-ring (bicyclic) bond motifs is 2. The number of rotatable bonds is 4. The molecule has 1 N–H and O–H groups in total. The van der Waals surface area contributed by atoms with Crippen molar-refractivity contribution in [1.29, 1.82) is 0 Å². The van der Waals surface area contributed by atoms with Gasteiger partial charge in [-0.15, -0.1) is 0 Å². The second-order valence-electron chi connectivity index (χ2n) is 9.41. The van der Waals surface area contributed by atoms with Crippen LogP contribution in [0.2, 0.25) is 0 Å². The van der Waals surface area contributed by atoms with Crippen LogP contribution in [-0.4, -0.2) is 95.8 Å². The van der Waals surface area contributed by atoms with Crippen LogP contribution in [-0.2, 0) is 16.4 Å². The number of likely N-dealkylation sites (tertiary alicyclic amines) is 1. The molecule has 4 heterocycles. The minimum absolute atomic E-state index is 0.00618. The average Bonchev–Trinajstić information content (AvgIpc) is 3.13. The van der Waals surface area contributed by atoms with Crippen molar-refractivity contribution in [2.45, 2.75) is 35.5 Å². The maximum absolute atomic E-state index is 13.1. The molecule has 5 rings (SSSR count). The van der Waals surface area contributed by atoms with Gasteiger partial charge in [0.25, 0.3) is 5.91 Å². The number of carbonyl (C=O) groups is 1. The fourth-order valence-corrected chi connectivity index (χ4v) is 6.15. The van der Waals surface area contributed by atoms with E-state index in [-0.39, 0.29) is 23.6 Å². The SMILES string of the molecule is CS(=O)(=O)c1ccc(CN2CC3(C2)CN(C(=O)c2cccnc2)C[C@@H]2C[C@@H](O)CN23)cc1. The summed E-state index contributed by atoms with van der Waals surface area (Å²) in [6.45, 7) is 4.24. The molecule has 0 saturated carbocycles. The van der Waals surface area contributed by atoms with Crippen molar-refractivity contribution >= 4 is 15.7 Å². The summed E-state index contributed by atoms with van der Waals surface area (Å²) in [5.74, 6) is -0.00618. The van der Waals surface area contributed by atoms with E-state index in [4.69, 9.17) is 0 Å². The molecule has 2 aromatic rings. The van der Waals surface area contributed by atoms with Crippen molar-refractivity contribution in [1.82, 2.24) is 19.7 Å². The van der Waals surface area contributed by atoms with Crippen molar-refractivity contribution in [2.24, 2.45) is 0 Å². The van der Waals surface area contributed by atoms with Crippen LogP contribution in [0.25, 0.3) is 0 Å². The zero-order chi connectivity index (χ0) is 22.5. The van der Waals surface area contributed by atoms with Crippen LogP contribution in [0.5, 0.6) is 0 Å². The number of aliphatic hydroxyl groups excluding tert-OH is 1. The molecule has 2 atom stereocenters. The van der Waals surface area contributed by atoms with Gasteiger partial charge in [-0.3, -0.25) is 19.6 Å². The molecular formula is C23H28N4O4S. The molecule has 0 unspecified atom stereocenters. The molecule has 170 valence electrons. The van der Waals surface area contributed by atoms with Gasteiger partial charge < -0.3 is 10.0 Å². The average molecular weight is 457 g/mol. The Morgan fingerprint density at radius 2 is 1.91 bits per heavy atom. The molecule has 3 aliphatic heterocycles. The molecule has 0 radical (unpaired) electrons. The first-order valence-electron chi connectivity index (χ1n) is 10.9. The fourth-order valence-electron chi connectivity index (χ4n) is 5.52. The summed E-state index contributed by atoms with van der Waals surface area (Å²) in [5.41, 5.74) is 1.49. The number of pyridine rings is 1. The quantitative estimate of drug-likeness (QED) is 0.721. The maximum Gasteiger partial charge on any atom is 0.255 e. The third kappa shape index (κ3) is 3.94. The first-order chi connectivity index (χ1) is 15.2. The third-order valence-electron chi connectivity index (χ3n) is 6.91. The number of hydrogen-bond acceptors (Lipinski definition) is 7. The summed E-state index contributed by atoms with van der Waals surface area (Å²) in [4.78, 5) is 24.2. The molecule has 1 aromatic carbocycles. The topological polar surface area (TPSA) is 94.1 Å². The maximum atomic E-state index is 13.1. The number of amides is 1. The van der Waals surface area contributed by atoms with E-state index in [1.165, 1.54) is 6.26 Å². The van der Waals surface area contributed by atoms with Gasteiger partial charge in [0.2, 0.25) is 0 Å². The molecule has 0 aliphatic carbocycles. The molecule has 1 aromatic heterocycles. The van der Waals surface area contributed by atoms with Crippen molar-refractivity contribution in [3.63, 3.8) is 0 Å². The first-order valence-corrected chi connectivity index (χ1v) is 12.8. The number of benzene rings is 1. The number of hydrogen-bond donors (Lipinski definition) is 1. The van der Waals surface area contributed by atoms with Gasteiger partial charge in [-0.25, -0.2) is 8.42 Å². The second-order valence-corrected chi connectivity index (χ2v) is 11.4. The summed E-state index contributed by atoms with van der Waals surface area (Å²) in [6.07, 6.45) is 4.81. The Morgan fingerprint density at radius 1 is 1.16 bits per heavy atom. The number of β-amino-alcohol motifs (C(OH)–C–C–N with tert-alkyl or cyclic N) is 1. The van der Waals surface area contributed by atoms with Gasteiger partial charge in [0.15, 0.2) is 9.84 Å². The minimum Gasteiger partial charge on any atom is -0.392 e. The predicted octanol–water partition coefficient (Wildman–Crippen LogP) is 0.631. The zero-order valence-electron chi connectivity index (χ0n) is 18.1. The Kier molecular flexibility index (Phi) is 5.32. The van der Waals surface area contributed by atoms with Gasteiger partial charge in [0.1, 0.15) is 0 Å². The molecule has 3 saturated heterocycles. The molecule has 32 heavy (non-hydrogen) atoms. The van der Waals surface area contributed by atoms with Crippen LogP contribution in [0.4, 0.5) is 0 Å². The summed E-state index contributed by atoms with van der Waals surface area (Å²) >= 11 is 0. The first kappa shape index (κ1) is 21.5. The monoisotopic (exact) mass is 456 g/mol. The van der Waals surface area contributed by atoms with E-state index in [2.05, 4.69) is 14.8 Å². The number of piperazine rings is 1. The van der Waals surface area contributed by atoms with E-state index in [0.29, 0.717) is 36.5 Å². The van der Waals surface area contributed by atoms with Crippen molar-refractivity contribution in [3.05, 3.63) is 59.9 Å². The normalized spacial score (nSPS) is 25.5. The number of carbonyl (C=O) groups excluding carboxylic acids is 1. The van der Waals surface area contributed by atoms with E-state index < -0.39 is 9.84 Å². The number of aliphatic hydroxyl groups is 1. The molecule has 1 amide bonds. The van der Waals surface area contributed by atoms with E-state index in [1.54, 1.807) is 36.7 Å². The Hall–Kier alpha value is -2.33. The van der Waals surface area contributed by atoms with Gasteiger partial charge in [-0.05, 0) is 36.2 Å². The van der Waals surface area contributed by atoms with E-state index in [9.17, 15) is 18.3 Å². The highest BCUT2D eigenvalue weighted by atomic mass is 32.2. The molecule has 0 bridgehead atoms. The Bertz CT molecular complexity index is 1100. The summed E-state index contributed by atoms with van der Waals surface area (Å²) in [5, 5.41) is 10.3. The highest BCUT2D eigenvalue weighted by molar-refractivity contribution is 7.90. The molecular weight excluding hydrogens is 428 g/mol. The fraction of sp³-hybridized carbons (Fsp3) is 0.478. The Balaban J connectivity index is 1.30. The minimum atomic E-state index is -3.20. The van der Waals surface area contributed by atoms with Crippen molar-refractivity contribution in [3.8, 4) is 0 Å². The van der Waals surface area contributed by atoms with E-state index in [0.717, 1.165) is 25.2 Å². The summed E-state index contributed by atoms with van der Waals surface area (Å²) < 4.78 is 23.4. The van der Waals surface area contributed by atoms with Crippen LogP contribution in [0.3, 0.4) is 0 Å². The summed E-state index contributed by atoms with van der Waals surface area (Å²) in [6, 6.07) is 10.8. The lowest BCUT2D eigenvalue weighted by Crippen LogP contribution is -2.78. The van der Waals surface area contributed by atoms with Crippen LogP contribution in [0.1, 0.15) is 22.3 Å². The zero-order valence-corrected chi connectivity index (χ0v) is 18.9. The highest BCUT2D eigenvalue weighted by Gasteiger charge is 2.56. The van der Waals surface area contributed by atoms with Gasteiger partial charge in [0.05, 0.1) is 22.1 Å². The molecule has 1 spiro atoms. The lowest BCUT2D eigenvalue weighted by molar-refractivity contribution is -0.108. The molecule has 8 nitrogen and oxygen atoms in total. The van der Waals surface area contributed by atoms with Gasteiger partial charge in [-0.1, -0.05) is 12.1 Å². The van der Waals surface area contributed by atoms with Crippen LogP contribution in [0, 0.1) is 0 Å². The number of aromatic nitrogens is 1. The van der Waals surface area contributed by atoms with Crippen molar-refractivity contribution < 1.29 is 18.3 Å². The van der Waals surface area contributed by atoms with E-state index in [1.807, 2.05) is 17.0 Å². The van der Waals surface area contributed by atoms with Crippen molar-refractivity contribution in [2.75, 3.05) is 39.0 Å². The lowest BCUT2D eigenvalue weighted by Gasteiger charge is -2.61. The van der Waals surface area contributed by atoms with Crippen LogP contribution in [0.15, 0.2) is 53.7 Å². The Morgan fingerprint density at radius 3 is 2.56 bits per heavy atom. The molecule has 3 fully saturated rings. The standard InChI is InChI=1S/C23H28N4O4S/c1-32(30,31)21-6-4-17(5-7-21)11-25-14-23(15-25)16-26(12-19-9-20(28)13-27(19)23)22(29)18-3-2-8-24-10-18/h2-8,10,19-20,28H,9,11-16H2,1H3/t19-,20+/m0/s1. The smallest absolute Gasteiger partial charge is 0.255 e. The third-order valence-corrected chi connectivity index (χ3v) is 8.04. The van der Waals surface area contributed by atoms with Gasteiger partial charge in [-0.2, -0.15) is 0 Å². The summed E-state index contributed by atoms with van der Waals surface area (Å²) in [7, 11) is -3.20. The highest BCUT2D eigenvalue weighted by Crippen LogP contribution is 2.39. The Labute approximate surface area is 188 Å². The number of nitrogens with zero attached hydrogens (tertiary/aromatic N) is 4. The number of sulfone groups is 1.